The molecule has 0 aliphatic heterocycles. The first-order valence-corrected chi connectivity index (χ1v) is 35.4. The second-order valence-electron chi connectivity index (χ2n) is 30.1. The highest BCUT2D eigenvalue weighted by Gasteiger charge is 2.41. The van der Waals surface area contributed by atoms with E-state index in [4.69, 9.17) is 0 Å². The summed E-state index contributed by atoms with van der Waals surface area (Å²) in [6.45, 7) is 18.9. The molecule has 0 unspecified atom stereocenters. The average Bonchev–Trinajstić information content (AvgIpc) is 1.58. The van der Waals surface area contributed by atoms with Gasteiger partial charge in [-0.15, -0.1) is 0 Å². The van der Waals surface area contributed by atoms with Crippen LogP contribution in [-0.4, -0.2) is 0 Å². The van der Waals surface area contributed by atoms with Crippen LogP contribution in [-0.2, 0) is 21.7 Å². The third-order valence-electron chi connectivity index (χ3n) is 22.8. The minimum absolute atomic E-state index is 0.0295. The molecule has 4 aliphatic rings. The quantitative estimate of drug-likeness (QED) is 0.142. The summed E-state index contributed by atoms with van der Waals surface area (Å²) in [5.74, 6) is 0. The molecule has 0 fully saturated rings. The number of fused-ring (bicyclic) bond motifs is 14. The zero-order valence-electron chi connectivity index (χ0n) is 58.1. The molecule has 0 heterocycles. The summed E-state index contributed by atoms with van der Waals surface area (Å²) in [7, 11) is 0. The fourth-order valence-corrected chi connectivity index (χ4v) is 17.5. The Morgan fingerprint density at radius 3 is 0.890 bits per heavy atom. The molecule has 100 heavy (non-hydrogen) atoms. The first kappa shape index (κ1) is 60.8. The van der Waals surface area contributed by atoms with Crippen molar-refractivity contribution in [2.24, 2.45) is 0 Å². The molecule has 0 saturated carbocycles. The number of benzene rings is 15. The maximum atomic E-state index is 2.49. The van der Waals surface area contributed by atoms with E-state index in [1.807, 2.05) is 0 Å². The van der Waals surface area contributed by atoms with Gasteiger partial charge in [0, 0.05) is 55.8 Å². The molecule has 0 atom stereocenters. The number of anilines is 6. The normalized spacial score (nSPS) is 14.5. The van der Waals surface area contributed by atoms with E-state index in [1.165, 1.54) is 155 Å². The molecule has 2 nitrogen and oxygen atoms in total. The van der Waals surface area contributed by atoms with Crippen LogP contribution in [0.5, 0.6) is 0 Å². The van der Waals surface area contributed by atoms with Gasteiger partial charge in [-0.3, -0.25) is 0 Å². The van der Waals surface area contributed by atoms with Crippen LogP contribution in [0.4, 0.5) is 34.1 Å². The zero-order valence-corrected chi connectivity index (χ0v) is 58.1. The van der Waals surface area contributed by atoms with Crippen LogP contribution in [0.2, 0.25) is 0 Å². The first-order chi connectivity index (χ1) is 48.6. The van der Waals surface area contributed by atoms with Crippen LogP contribution >= 0.6 is 0 Å². The minimum atomic E-state index is -0.114. The van der Waals surface area contributed by atoms with Crippen LogP contribution in [0.15, 0.2) is 328 Å². The summed E-state index contributed by atoms with van der Waals surface area (Å²) in [4.78, 5) is 4.93. The van der Waals surface area contributed by atoms with Gasteiger partial charge in [-0.1, -0.05) is 280 Å². The Balaban J connectivity index is 0.000000145. The first-order valence-electron chi connectivity index (χ1n) is 35.4. The molecule has 480 valence electrons. The van der Waals surface area contributed by atoms with E-state index in [-0.39, 0.29) is 21.7 Å². The van der Waals surface area contributed by atoms with E-state index < -0.39 is 0 Å². The molecule has 0 bridgehead atoms. The van der Waals surface area contributed by atoms with Gasteiger partial charge in [0.2, 0.25) is 0 Å². The summed E-state index contributed by atoms with van der Waals surface area (Å²) in [6.07, 6.45) is 0. The zero-order chi connectivity index (χ0) is 67.8. The predicted molar refractivity (Wildman–Crippen MR) is 424 cm³/mol. The highest BCUT2D eigenvalue weighted by atomic mass is 15.1. The molecule has 2 heteroatoms. The molecule has 15 aromatic rings. The third kappa shape index (κ3) is 9.74. The lowest BCUT2D eigenvalue weighted by Crippen LogP contribution is -2.17. The molecule has 0 aromatic heterocycles. The van der Waals surface area contributed by atoms with Crippen LogP contribution in [0.3, 0.4) is 0 Å². The maximum absolute atomic E-state index is 2.49. The van der Waals surface area contributed by atoms with Gasteiger partial charge in [-0.05, 0) is 247 Å². The fraction of sp³-hybridized carbons (Fsp3) is 0.122. The average molecular weight is 1280 g/mol. The molecule has 0 N–H and O–H groups in total. The van der Waals surface area contributed by atoms with Gasteiger partial charge in [0.25, 0.3) is 0 Å². The lowest BCUT2D eigenvalue weighted by atomic mass is 9.82. The van der Waals surface area contributed by atoms with Gasteiger partial charge in [-0.25, -0.2) is 0 Å². The minimum Gasteiger partial charge on any atom is -0.310 e. The molecule has 0 radical (unpaired) electrons. The number of nitrogens with zero attached hydrogens (tertiary/aromatic N) is 2. The van der Waals surface area contributed by atoms with Crippen molar-refractivity contribution in [3.05, 3.63) is 372 Å². The Morgan fingerprint density at radius 1 is 0.160 bits per heavy atom. The van der Waals surface area contributed by atoms with E-state index in [1.54, 1.807) is 0 Å². The van der Waals surface area contributed by atoms with E-state index >= 15 is 0 Å². The van der Waals surface area contributed by atoms with Crippen LogP contribution < -0.4 is 9.80 Å². The van der Waals surface area contributed by atoms with Crippen molar-refractivity contribution < 1.29 is 0 Å². The van der Waals surface area contributed by atoms with Crippen molar-refractivity contribution in [2.75, 3.05) is 9.80 Å². The fourth-order valence-electron chi connectivity index (χ4n) is 17.5. The highest BCUT2D eigenvalue weighted by molar-refractivity contribution is 5.98. The Hall–Kier alpha value is -11.6. The Kier molecular flexibility index (Phi) is 14.0. The maximum Gasteiger partial charge on any atom is 0.0473 e. The van der Waals surface area contributed by atoms with Crippen LogP contribution in [0.25, 0.3) is 99.4 Å². The molecule has 0 spiro atoms. The molecule has 0 saturated heterocycles. The number of hydrogen-bond acceptors (Lipinski definition) is 2. The summed E-state index contributed by atoms with van der Waals surface area (Å²) in [5, 5.41) is 5.16. The molecular weight excluding hydrogens is 1210 g/mol. The Bertz CT molecular complexity index is 5710. The summed E-state index contributed by atoms with van der Waals surface area (Å²) >= 11 is 0. The van der Waals surface area contributed by atoms with E-state index in [0.29, 0.717) is 0 Å². The van der Waals surface area contributed by atoms with Gasteiger partial charge in [0.15, 0.2) is 0 Å². The Morgan fingerprint density at radius 2 is 0.440 bits per heavy atom. The van der Waals surface area contributed by atoms with Gasteiger partial charge >= 0.3 is 0 Å². The van der Waals surface area contributed by atoms with E-state index in [0.717, 1.165) is 22.7 Å². The summed E-state index contributed by atoms with van der Waals surface area (Å²) in [5.41, 5.74) is 35.6. The van der Waals surface area contributed by atoms with Gasteiger partial charge in [0.1, 0.15) is 0 Å². The SMILES string of the molecule is CC1(C)c2ccccc2-c2cc(N(c3ccc(-c4ccccc4)cc3)c3ccc4c(c3)-c3cc5ccccc5cc3C4(C)C)ccc21.CC1(C)c2ccccc2-c2ccc(N(c3cc(-c4ccccc4)cc(-c4ccccc4)c3)c3ccc4c(c3)-c3cc5ccccc5cc3C4(C)C)cc21. The van der Waals surface area contributed by atoms with Crippen LogP contribution in [0, 0.1) is 0 Å². The van der Waals surface area contributed by atoms with Crippen LogP contribution in [0.1, 0.15) is 99.9 Å². The summed E-state index contributed by atoms with van der Waals surface area (Å²) in [6, 6.07) is 122. The smallest absolute Gasteiger partial charge is 0.0473 e. The topological polar surface area (TPSA) is 6.48 Å². The lowest BCUT2D eigenvalue weighted by Gasteiger charge is -2.30. The van der Waals surface area contributed by atoms with E-state index in [2.05, 4.69) is 393 Å². The number of rotatable bonds is 9. The lowest BCUT2D eigenvalue weighted by molar-refractivity contribution is 0.660. The molecule has 0 amide bonds. The van der Waals surface area contributed by atoms with Crippen molar-refractivity contribution in [1.82, 2.24) is 0 Å². The summed E-state index contributed by atoms with van der Waals surface area (Å²) < 4.78 is 0. The van der Waals surface area contributed by atoms with Crippen molar-refractivity contribution >= 4 is 55.7 Å². The van der Waals surface area contributed by atoms with Crippen molar-refractivity contribution in [3.63, 3.8) is 0 Å². The molecule has 19 rings (SSSR count). The second kappa shape index (κ2) is 23.0. The van der Waals surface area contributed by atoms with Gasteiger partial charge < -0.3 is 9.80 Å². The predicted octanol–water partition coefficient (Wildman–Crippen LogP) is 26.8. The van der Waals surface area contributed by atoms with Crippen molar-refractivity contribution in [1.29, 1.82) is 0 Å². The standard InChI is InChI=1S/C52H41N.C46H37N/c1-51(2)47-22-14-13-21-43(47)44-25-23-41(33-50(44)51)53(42-28-38(34-15-7-5-8-16-34)27-39(29-42)35-17-9-6-10-18-35)40-24-26-48-46(32-40)45-30-36-19-11-12-20-37(36)31-49(45)52(48,3)4;1-45(2)41-17-11-10-16-37(41)39-28-35(22-24-42(39)45)47(34-20-18-31(19-21-34)30-12-6-5-7-13-30)36-23-25-43-40(29-36)38-26-32-14-8-9-15-33(32)27-44(38)46(43,3)4/h5-33H,1-4H3;5-29H,1-4H3. The van der Waals surface area contributed by atoms with Gasteiger partial charge in [0.05, 0.1) is 0 Å². The molecule has 15 aromatic carbocycles. The molecule has 4 aliphatic carbocycles. The number of hydrogen-bond donors (Lipinski definition) is 0. The Labute approximate surface area is 588 Å². The van der Waals surface area contributed by atoms with Crippen molar-refractivity contribution in [3.8, 4) is 77.9 Å². The largest absolute Gasteiger partial charge is 0.310 e. The third-order valence-corrected chi connectivity index (χ3v) is 22.8. The highest BCUT2D eigenvalue weighted by Crippen LogP contribution is 2.57. The molecular formula is C98H78N2. The van der Waals surface area contributed by atoms with Gasteiger partial charge in [-0.2, -0.15) is 0 Å². The van der Waals surface area contributed by atoms with E-state index in [9.17, 15) is 0 Å². The second-order valence-corrected chi connectivity index (χ2v) is 30.1. The van der Waals surface area contributed by atoms with Crippen molar-refractivity contribution in [2.45, 2.75) is 77.0 Å². The monoisotopic (exact) mass is 1280 g/mol.